The monoisotopic (exact) mass is 205 g/mol. The summed E-state index contributed by atoms with van der Waals surface area (Å²) in [5.41, 5.74) is 1.30. The molecule has 2 heteroatoms. The van der Waals surface area contributed by atoms with Gasteiger partial charge in [0.2, 0.25) is 0 Å². The Balaban J connectivity index is 2.74. The zero-order valence-corrected chi connectivity index (χ0v) is 9.40. The Labute approximate surface area is 90.3 Å². The maximum atomic E-state index is 5.22. The van der Waals surface area contributed by atoms with Crippen molar-refractivity contribution in [3.63, 3.8) is 0 Å². The summed E-state index contributed by atoms with van der Waals surface area (Å²) in [6.07, 6.45) is 5.22. The Hall–Kier alpha value is -0.910. The van der Waals surface area contributed by atoms with E-state index in [1.807, 2.05) is 7.05 Å². The molecule has 0 saturated carbocycles. The molecule has 0 amide bonds. The minimum Gasteiger partial charge on any atom is -0.313 e. The highest BCUT2D eigenvalue weighted by atomic mass is 32.2. The average Bonchev–Trinajstić information content (AvgIpc) is 2.25. The van der Waals surface area contributed by atoms with Crippen molar-refractivity contribution in [1.29, 1.82) is 0 Å². The molecule has 1 aromatic rings. The molecule has 1 unspecified atom stereocenters. The lowest BCUT2D eigenvalue weighted by molar-refractivity contribution is 0.651. The van der Waals surface area contributed by atoms with Gasteiger partial charge in [-0.2, -0.15) is 0 Å². The van der Waals surface area contributed by atoms with Crippen molar-refractivity contribution in [2.75, 3.05) is 12.8 Å². The van der Waals surface area contributed by atoms with Crippen LogP contribution in [0.1, 0.15) is 18.5 Å². The van der Waals surface area contributed by atoms with Gasteiger partial charge in [0, 0.05) is 10.9 Å². The third-order valence-electron chi connectivity index (χ3n) is 2.11. The highest BCUT2D eigenvalue weighted by Gasteiger charge is 2.02. The first kappa shape index (κ1) is 11.2. The summed E-state index contributed by atoms with van der Waals surface area (Å²) >= 11 is 1.70. The predicted octanol–water partition coefficient (Wildman–Crippen LogP) is 2.69. The maximum absolute atomic E-state index is 5.22. The normalized spacial score (nSPS) is 12.1. The molecule has 0 aliphatic rings. The van der Waals surface area contributed by atoms with Gasteiger partial charge in [0.15, 0.2) is 0 Å². The molecule has 0 aliphatic carbocycles. The number of thioether (sulfide) groups is 1. The lowest BCUT2D eigenvalue weighted by atomic mass is 10.1. The first-order chi connectivity index (χ1) is 6.77. The van der Waals surface area contributed by atoms with Gasteiger partial charge in [0.25, 0.3) is 0 Å². The second kappa shape index (κ2) is 5.74. The summed E-state index contributed by atoms with van der Waals surface area (Å²) in [4.78, 5) is 1.24. The minimum absolute atomic E-state index is 0.390. The smallest absolute Gasteiger partial charge is 0.0592 e. The third-order valence-corrected chi connectivity index (χ3v) is 3.01. The lowest BCUT2D eigenvalue weighted by Gasteiger charge is -2.11. The summed E-state index contributed by atoms with van der Waals surface area (Å²) in [6, 6.07) is 8.86. The molecule has 1 aromatic carbocycles. The molecule has 0 aliphatic heterocycles. The molecule has 1 rings (SSSR count). The van der Waals surface area contributed by atoms with E-state index >= 15 is 0 Å². The Bertz CT molecular complexity index is 327. The number of benzene rings is 1. The molecule has 0 saturated heterocycles. The van der Waals surface area contributed by atoms with Gasteiger partial charge in [-0.3, -0.25) is 0 Å². The molecule has 1 nitrogen and oxygen atoms in total. The largest absolute Gasteiger partial charge is 0.313 e. The van der Waals surface area contributed by atoms with Crippen molar-refractivity contribution >= 4 is 11.8 Å². The number of rotatable bonds is 4. The molecule has 0 bridgehead atoms. The van der Waals surface area contributed by atoms with Gasteiger partial charge in [-0.15, -0.1) is 18.2 Å². The van der Waals surface area contributed by atoms with Gasteiger partial charge in [-0.1, -0.05) is 18.1 Å². The fourth-order valence-electron chi connectivity index (χ4n) is 1.17. The van der Waals surface area contributed by atoms with Crippen molar-refractivity contribution < 1.29 is 0 Å². The number of terminal acetylenes is 1. The predicted molar refractivity (Wildman–Crippen MR) is 63.5 cm³/mol. The van der Waals surface area contributed by atoms with Crippen LogP contribution in [0.2, 0.25) is 0 Å². The molecular formula is C12H15NS. The van der Waals surface area contributed by atoms with Crippen LogP contribution in [0.5, 0.6) is 0 Å². The van der Waals surface area contributed by atoms with E-state index in [0.29, 0.717) is 6.04 Å². The zero-order chi connectivity index (χ0) is 10.4. The SMILES string of the molecule is C#CCSc1cccc(C(C)NC)c1. The summed E-state index contributed by atoms with van der Waals surface area (Å²) < 4.78 is 0. The van der Waals surface area contributed by atoms with Crippen molar-refractivity contribution in [2.45, 2.75) is 17.9 Å². The van der Waals surface area contributed by atoms with Crippen LogP contribution in [-0.2, 0) is 0 Å². The Morgan fingerprint density at radius 3 is 3.00 bits per heavy atom. The highest BCUT2D eigenvalue weighted by molar-refractivity contribution is 7.99. The summed E-state index contributed by atoms with van der Waals surface area (Å²) in [5, 5.41) is 3.21. The van der Waals surface area contributed by atoms with Crippen LogP contribution >= 0.6 is 11.8 Å². The molecule has 74 valence electrons. The molecule has 14 heavy (non-hydrogen) atoms. The standard InChI is InChI=1S/C12H15NS/c1-4-8-14-12-7-5-6-11(9-12)10(2)13-3/h1,5-7,9-10,13H,8H2,2-3H3. The molecule has 1 N–H and O–H groups in total. The summed E-state index contributed by atoms with van der Waals surface area (Å²) in [6.45, 7) is 2.14. The zero-order valence-electron chi connectivity index (χ0n) is 8.58. The fraction of sp³-hybridized carbons (Fsp3) is 0.333. The van der Waals surface area contributed by atoms with Crippen molar-refractivity contribution in [3.8, 4) is 12.3 Å². The topological polar surface area (TPSA) is 12.0 Å². The van der Waals surface area contributed by atoms with Gasteiger partial charge in [-0.05, 0) is 31.7 Å². The molecule has 0 spiro atoms. The fourth-order valence-corrected chi connectivity index (χ4v) is 1.81. The number of nitrogens with one attached hydrogen (secondary N) is 1. The van der Waals surface area contributed by atoms with Gasteiger partial charge < -0.3 is 5.32 Å². The van der Waals surface area contributed by atoms with Crippen LogP contribution in [-0.4, -0.2) is 12.8 Å². The Morgan fingerprint density at radius 2 is 2.36 bits per heavy atom. The first-order valence-electron chi connectivity index (χ1n) is 4.61. The number of hydrogen-bond acceptors (Lipinski definition) is 2. The Kier molecular flexibility index (Phi) is 4.58. The van der Waals surface area contributed by atoms with E-state index in [9.17, 15) is 0 Å². The van der Waals surface area contributed by atoms with E-state index in [1.165, 1.54) is 10.5 Å². The van der Waals surface area contributed by atoms with E-state index in [-0.39, 0.29) is 0 Å². The summed E-state index contributed by atoms with van der Waals surface area (Å²) in [5.74, 6) is 3.36. The quantitative estimate of drug-likeness (QED) is 0.599. The highest BCUT2D eigenvalue weighted by Crippen LogP contribution is 2.21. The van der Waals surface area contributed by atoms with Crippen molar-refractivity contribution in [1.82, 2.24) is 5.32 Å². The third kappa shape index (κ3) is 3.10. The first-order valence-corrected chi connectivity index (χ1v) is 5.60. The van der Waals surface area contributed by atoms with Crippen LogP contribution in [0, 0.1) is 12.3 Å². The second-order valence-corrected chi connectivity index (χ2v) is 4.12. The molecule has 0 fully saturated rings. The van der Waals surface area contributed by atoms with Crippen molar-refractivity contribution in [2.24, 2.45) is 0 Å². The second-order valence-electron chi connectivity index (χ2n) is 3.08. The minimum atomic E-state index is 0.390. The van der Waals surface area contributed by atoms with Crippen molar-refractivity contribution in [3.05, 3.63) is 29.8 Å². The van der Waals surface area contributed by atoms with E-state index in [1.54, 1.807) is 11.8 Å². The van der Waals surface area contributed by atoms with E-state index in [0.717, 1.165) is 5.75 Å². The maximum Gasteiger partial charge on any atom is 0.0592 e. The molecule has 1 atom stereocenters. The van der Waals surface area contributed by atoms with Crippen LogP contribution in [0.3, 0.4) is 0 Å². The van der Waals surface area contributed by atoms with E-state index in [2.05, 4.69) is 42.4 Å². The molecular weight excluding hydrogens is 190 g/mol. The molecule has 0 aromatic heterocycles. The Morgan fingerprint density at radius 1 is 1.57 bits per heavy atom. The number of hydrogen-bond donors (Lipinski definition) is 1. The van der Waals surface area contributed by atoms with E-state index in [4.69, 9.17) is 6.42 Å². The van der Waals surface area contributed by atoms with Crippen LogP contribution in [0.4, 0.5) is 0 Å². The van der Waals surface area contributed by atoms with Gasteiger partial charge in [0.05, 0.1) is 5.75 Å². The van der Waals surface area contributed by atoms with Crippen LogP contribution in [0.25, 0.3) is 0 Å². The summed E-state index contributed by atoms with van der Waals surface area (Å²) in [7, 11) is 1.96. The van der Waals surface area contributed by atoms with Crippen LogP contribution < -0.4 is 5.32 Å². The average molecular weight is 205 g/mol. The molecule has 0 radical (unpaired) electrons. The lowest BCUT2D eigenvalue weighted by Crippen LogP contribution is -2.11. The van der Waals surface area contributed by atoms with Gasteiger partial charge in [-0.25, -0.2) is 0 Å². The van der Waals surface area contributed by atoms with Crippen LogP contribution in [0.15, 0.2) is 29.2 Å². The van der Waals surface area contributed by atoms with Gasteiger partial charge >= 0.3 is 0 Å². The van der Waals surface area contributed by atoms with E-state index < -0.39 is 0 Å². The molecule has 0 heterocycles. The van der Waals surface area contributed by atoms with Gasteiger partial charge in [0.1, 0.15) is 0 Å².